The highest BCUT2D eigenvalue weighted by Gasteiger charge is 2.34. The van der Waals surface area contributed by atoms with Gasteiger partial charge in [-0.2, -0.15) is 0 Å². The molecule has 5 rings (SSSR count). The normalized spacial score (nSPS) is 16.4. The standard InChI is InChI=1S/C25H21Cl2N3O5S/c1-2-34-25(33)30-10-9-17-19(12-30)36-23-20(17)22(31)28-21(29-23)13-3-6-15(7-4-13)35-24(32)16-8-5-14(26)11-18(16)27/h3-8,11,21,29H,2,9-10,12H2,1H3,(H,28,31)/t21-/m1/s1. The Morgan fingerprint density at radius 3 is 2.64 bits per heavy atom. The molecule has 2 aliphatic heterocycles. The first-order valence-electron chi connectivity index (χ1n) is 11.2. The van der Waals surface area contributed by atoms with Crippen molar-refractivity contribution in [1.82, 2.24) is 10.2 Å². The van der Waals surface area contributed by atoms with Crippen LogP contribution in [-0.4, -0.2) is 36.0 Å². The Labute approximate surface area is 221 Å². The number of nitrogens with one attached hydrogen (secondary N) is 2. The highest BCUT2D eigenvalue weighted by molar-refractivity contribution is 7.16. The van der Waals surface area contributed by atoms with Gasteiger partial charge in [0.05, 0.1) is 29.3 Å². The number of nitrogens with zero attached hydrogens (tertiary/aromatic N) is 1. The van der Waals surface area contributed by atoms with Crippen molar-refractivity contribution >= 4 is 57.5 Å². The van der Waals surface area contributed by atoms with E-state index in [1.165, 1.54) is 23.5 Å². The van der Waals surface area contributed by atoms with E-state index in [0.717, 1.165) is 21.0 Å². The second-order valence-electron chi connectivity index (χ2n) is 8.21. The van der Waals surface area contributed by atoms with Gasteiger partial charge in [-0.1, -0.05) is 35.3 Å². The minimum Gasteiger partial charge on any atom is -0.450 e. The van der Waals surface area contributed by atoms with Gasteiger partial charge in [-0.3, -0.25) is 4.79 Å². The Morgan fingerprint density at radius 2 is 1.92 bits per heavy atom. The summed E-state index contributed by atoms with van der Waals surface area (Å²) in [5.41, 5.74) is 2.61. The zero-order chi connectivity index (χ0) is 25.4. The molecule has 1 atom stereocenters. The second kappa shape index (κ2) is 10.0. The summed E-state index contributed by atoms with van der Waals surface area (Å²) in [5, 5.41) is 7.78. The molecular weight excluding hydrogens is 525 g/mol. The largest absolute Gasteiger partial charge is 0.450 e. The van der Waals surface area contributed by atoms with Gasteiger partial charge in [0.25, 0.3) is 5.91 Å². The maximum atomic E-state index is 13.0. The van der Waals surface area contributed by atoms with Crippen molar-refractivity contribution in [2.75, 3.05) is 18.5 Å². The number of ether oxygens (including phenoxy) is 2. The summed E-state index contributed by atoms with van der Waals surface area (Å²) < 4.78 is 10.5. The van der Waals surface area contributed by atoms with E-state index in [4.69, 9.17) is 32.7 Å². The van der Waals surface area contributed by atoms with Crippen LogP contribution in [0.4, 0.5) is 9.80 Å². The molecular formula is C25H21Cl2N3O5S. The predicted molar refractivity (Wildman–Crippen MR) is 137 cm³/mol. The minimum atomic E-state index is -0.598. The molecule has 0 saturated carbocycles. The topological polar surface area (TPSA) is 97.0 Å². The molecule has 0 bridgehead atoms. The van der Waals surface area contributed by atoms with Crippen molar-refractivity contribution in [3.8, 4) is 5.75 Å². The molecule has 0 aliphatic carbocycles. The average molecular weight is 546 g/mol. The quantitative estimate of drug-likeness (QED) is 0.325. The smallest absolute Gasteiger partial charge is 0.410 e. The highest BCUT2D eigenvalue weighted by Crippen LogP contribution is 2.41. The molecule has 0 saturated heterocycles. The number of hydrogen-bond donors (Lipinski definition) is 2. The number of anilines is 1. The van der Waals surface area contributed by atoms with E-state index in [-0.39, 0.29) is 22.6 Å². The number of amides is 2. The Morgan fingerprint density at radius 1 is 1.14 bits per heavy atom. The summed E-state index contributed by atoms with van der Waals surface area (Å²) in [5.74, 6) is -0.425. The van der Waals surface area contributed by atoms with E-state index in [1.807, 2.05) is 0 Å². The number of esters is 1. The molecule has 11 heteroatoms. The van der Waals surface area contributed by atoms with Crippen molar-refractivity contribution in [3.63, 3.8) is 0 Å². The first-order chi connectivity index (χ1) is 17.3. The molecule has 186 valence electrons. The fourth-order valence-corrected chi connectivity index (χ4v) is 5.97. The van der Waals surface area contributed by atoms with Crippen LogP contribution < -0.4 is 15.4 Å². The third kappa shape index (κ3) is 4.74. The minimum absolute atomic E-state index is 0.163. The maximum Gasteiger partial charge on any atom is 0.410 e. The molecule has 0 fully saturated rings. The fraction of sp³-hybridized carbons (Fsp3) is 0.240. The number of hydrogen-bond acceptors (Lipinski definition) is 7. The first kappa shape index (κ1) is 24.4. The Balaban J connectivity index is 1.29. The van der Waals surface area contributed by atoms with Crippen LogP contribution in [0, 0.1) is 0 Å². The van der Waals surface area contributed by atoms with Gasteiger partial charge in [-0.15, -0.1) is 11.3 Å². The zero-order valence-corrected chi connectivity index (χ0v) is 21.4. The Hall–Kier alpha value is -3.27. The summed E-state index contributed by atoms with van der Waals surface area (Å²) in [6, 6.07) is 11.4. The third-order valence-electron chi connectivity index (χ3n) is 5.94. The van der Waals surface area contributed by atoms with Crippen LogP contribution in [0.5, 0.6) is 5.75 Å². The molecule has 3 aromatic rings. The van der Waals surface area contributed by atoms with Crippen molar-refractivity contribution < 1.29 is 23.9 Å². The fourth-order valence-electron chi connectivity index (χ4n) is 4.20. The summed E-state index contributed by atoms with van der Waals surface area (Å²) in [6.45, 7) is 3.02. The lowest BCUT2D eigenvalue weighted by Crippen LogP contribution is -2.39. The van der Waals surface area contributed by atoms with E-state index >= 15 is 0 Å². The summed E-state index contributed by atoms with van der Waals surface area (Å²) in [6.07, 6.45) is -0.206. The van der Waals surface area contributed by atoms with Gasteiger partial charge >= 0.3 is 12.1 Å². The van der Waals surface area contributed by atoms with Gasteiger partial charge in [0.15, 0.2) is 0 Å². The zero-order valence-electron chi connectivity index (χ0n) is 19.1. The van der Waals surface area contributed by atoms with Gasteiger partial charge in [0, 0.05) is 16.4 Å². The van der Waals surface area contributed by atoms with E-state index in [1.54, 1.807) is 42.2 Å². The van der Waals surface area contributed by atoms with E-state index in [0.29, 0.717) is 42.5 Å². The number of carbonyl (C=O) groups excluding carboxylic acids is 3. The van der Waals surface area contributed by atoms with Crippen LogP contribution in [0.1, 0.15) is 49.8 Å². The van der Waals surface area contributed by atoms with Crippen molar-refractivity contribution in [1.29, 1.82) is 0 Å². The summed E-state index contributed by atoms with van der Waals surface area (Å²) in [7, 11) is 0. The van der Waals surface area contributed by atoms with Crippen LogP contribution >= 0.6 is 34.5 Å². The molecule has 2 aliphatic rings. The second-order valence-corrected chi connectivity index (χ2v) is 10.2. The lowest BCUT2D eigenvalue weighted by molar-refractivity contribution is 0.0734. The third-order valence-corrected chi connectivity index (χ3v) is 7.63. The molecule has 0 spiro atoms. The van der Waals surface area contributed by atoms with Gasteiger partial charge in [0.2, 0.25) is 0 Å². The SMILES string of the molecule is CCOC(=O)N1CCc2c(sc3c2C(=O)N[C@@H](c2ccc(OC(=O)c4ccc(Cl)cc4Cl)cc2)N3)C1. The van der Waals surface area contributed by atoms with Crippen LogP contribution in [0.2, 0.25) is 10.0 Å². The number of benzene rings is 2. The average Bonchev–Trinajstić information content (AvgIpc) is 3.22. The van der Waals surface area contributed by atoms with Crippen molar-refractivity contribution in [2.45, 2.75) is 26.1 Å². The lowest BCUT2D eigenvalue weighted by atomic mass is 10.0. The molecule has 3 heterocycles. The molecule has 2 aromatic carbocycles. The van der Waals surface area contributed by atoms with Crippen molar-refractivity contribution in [2.24, 2.45) is 0 Å². The number of thiophene rings is 1. The van der Waals surface area contributed by atoms with Crippen LogP contribution in [0.15, 0.2) is 42.5 Å². The van der Waals surface area contributed by atoms with E-state index < -0.39 is 12.1 Å². The molecule has 1 aromatic heterocycles. The predicted octanol–water partition coefficient (Wildman–Crippen LogP) is 5.64. The number of halogens is 2. The molecule has 0 unspecified atom stereocenters. The van der Waals surface area contributed by atoms with E-state index in [9.17, 15) is 14.4 Å². The number of fused-ring (bicyclic) bond motifs is 3. The summed E-state index contributed by atoms with van der Waals surface area (Å²) in [4.78, 5) is 40.2. The summed E-state index contributed by atoms with van der Waals surface area (Å²) >= 11 is 13.4. The number of rotatable bonds is 4. The van der Waals surface area contributed by atoms with Crippen molar-refractivity contribution in [3.05, 3.63) is 79.6 Å². The van der Waals surface area contributed by atoms with Gasteiger partial charge in [-0.25, -0.2) is 9.59 Å². The lowest BCUT2D eigenvalue weighted by Gasteiger charge is -2.28. The Kier molecular flexibility index (Phi) is 6.79. The highest BCUT2D eigenvalue weighted by atomic mass is 35.5. The van der Waals surface area contributed by atoms with Gasteiger partial charge in [0.1, 0.15) is 16.9 Å². The molecule has 2 amide bonds. The monoisotopic (exact) mass is 545 g/mol. The van der Waals surface area contributed by atoms with Crippen LogP contribution in [0.25, 0.3) is 0 Å². The Bertz CT molecular complexity index is 1360. The van der Waals surface area contributed by atoms with Crippen LogP contribution in [0.3, 0.4) is 0 Å². The van der Waals surface area contributed by atoms with Gasteiger partial charge in [-0.05, 0) is 54.8 Å². The molecule has 0 radical (unpaired) electrons. The number of carbonyl (C=O) groups is 3. The molecule has 2 N–H and O–H groups in total. The first-order valence-corrected chi connectivity index (χ1v) is 12.8. The van der Waals surface area contributed by atoms with E-state index in [2.05, 4.69) is 10.6 Å². The molecule has 36 heavy (non-hydrogen) atoms. The van der Waals surface area contributed by atoms with Gasteiger partial charge < -0.3 is 25.0 Å². The molecule has 8 nitrogen and oxygen atoms in total. The van der Waals surface area contributed by atoms with Crippen LogP contribution in [-0.2, 0) is 17.7 Å². The maximum absolute atomic E-state index is 13.0.